The first-order valence-electron chi connectivity index (χ1n) is 9.97. The highest BCUT2D eigenvalue weighted by Crippen LogP contribution is 2.37. The van der Waals surface area contributed by atoms with Crippen molar-refractivity contribution in [3.8, 4) is 0 Å². The molecule has 31 heavy (non-hydrogen) atoms. The summed E-state index contributed by atoms with van der Waals surface area (Å²) in [4.78, 5) is 12.7. The molecule has 1 N–H and O–H groups in total. The Bertz CT molecular complexity index is 929. The summed E-state index contributed by atoms with van der Waals surface area (Å²) in [5.41, 5.74) is -1.33. The highest BCUT2D eigenvalue weighted by molar-refractivity contribution is 5.80. The van der Waals surface area contributed by atoms with Crippen LogP contribution in [-0.2, 0) is 36.5 Å². The number of halogens is 6. The Morgan fingerprint density at radius 2 is 1.87 bits per heavy atom. The van der Waals surface area contributed by atoms with Crippen LogP contribution in [0.3, 0.4) is 0 Å². The van der Waals surface area contributed by atoms with Crippen LogP contribution in [0.2, 0.25) is 0 Å². The van der Waals surface area contributed by atoms with Gasteiger partial charge in [-0.2, -0.15) is 36.5 Å². The van der Waals surface area contributed by atoms with E-state index in [9.17, 15) is 31.1 Å². The highest BCUT2D eigenvalue weighted by Gasteiger charge is 2.41. The quantitative estimate of drug-likeness (QED) is 0.647. The van der Waals surface area contributed by atoms with Crippen molar-refractivity contribution in [2.45, 2.75) is 64.5 Å². The summed E-state index contributed by atoms with van der Waals surface area (Å²) in [6.07, 6.45) is -6.36. The number of nitrogens with one attached hydrogen (secondary N) is 1. The summed E-state index contributed by atoms with van der Waals surface area (Å²) in [5.74, 6) is -0.728. The lowest BCUT2D eigenvalue weighted by Crippen LogP contribution is -2.37. The fourth-order valence-electron chi connectivity index (χ4n) is 3.81. The summed E-state index contributed by atoms with van der Waals surface area (Å²) < 4.78 is 80.2. The minimum absolute atomic E-state index is 0.131. The normalized spacial score (nSPS) is 16.3. The predicted molar refractivity (Wildman–Crippen MR) is 98.0 cm³/mol. The van der Waals surface area contributed by atoms with Gasteiger partial charge in [0.15, 0.2) is 11.4 Å². The van der Waals surface area contributed by atoms with E-state index in [4.69, 9.17) is 0 Å². The van der Waals surface area contributed by atoms with Crippen molar-refractivity contribution in [1.82, 2.24) is 24.9 Å². The number of carbonyl (C=O) groups excluding carboxylic acids is 1. The lowest BCUT2D eigenvalue weighted by molar-refractivity contribution is -0.143. The van der Waals surface area contributed by atoms with Gasteiger partial charge in [0.2, 0.25) is 5.91 Å². The van der Waals surface area contributed by atoms with Gasteiger partial charge in [-0.25, -0.2) is 0 Å². The molecule has 0 aliphatic heterocycles. The van der Waals surface area contributed by atoms with Crippen LogP contribution in [-0.4, -0.2) is 32.0 Å². The molecule has 6 nitrogen and oxygen atoms in total. The van der Waals surface area contributed by atoms with Gasteiger partial charge in [0.25, 0.3) is 0 Å². The number of fused-ring (bicyclic) bond motifs is 1. The van der Waals surface area contributed by atoms with Crippen LogP contribution in [0, 0.1) is 5.92 Å². The van der Waals surface area contributed by atoms with E-state index >= 15 is 0 Å². The molecule has 0 bridgehead atoms. The summed E-state index contributed by atoms with van der Waals surface area (Å²) in [6.45, 7) is 3.69. The maximum absolute atomic E-state index is 13.3. The van der Waals surface area contributed by atoms with Gasteiger partial charge in [0.05, 0.1) is 0 Å². The molecule has 0 fully saturated rings. The van der Waals surface area contributed by atoms with Crippen LogP contribution < -0.4 is 5.32 Å². The van der Waals surface area contributed by atoms with Gasteiger partial charge in [-0.1, -0.05) is 13.8 Å². The summed E-state index contributed by atoms with van der Waals surface area (Å²) in [5, 5.41) is 9.88. The minimum atomic E-state index is -4.58. The molecule has 0 saturated heterocycles. The van der Waals surface area contributed by atoms with Crippen LogP contribution in [0.5, 0.6) is 0 Å². The fraction of sp³-hybridized carbons (Fsp3) is 0.632. The van der Waals surface area contributed by atoms with Crippen LogP contribution in [0.25, 0.3) is 0 Å². The molecule has 0 unspecified atom stereocenters. The molecule has 12 heteroatoms. The van der Waals surface area contributed by atoms with E-state index in [0.717, 1.165) is 10.7 Å². The van der Waals surface area contributed by atoms with Crippen molar-refractivity contribution in [2.24, 2.45) is 5.92 Å². The Labute approximate surface area is 174 Å². The van der Waals surface area contributed by atoms with E-state index in [-0.39, 0.29) is 37.4 Å². The Morgan fingerprint density at radius 1 is 1.16 bits per heavy atom. The van der Waals surface area contributed by atoms with Gasteiger partial charge < -0.3 is 5.32 Å². The topological polar surface area (TPSA) is 64.7 Å². The maximum Gasteiger partial charge on any atom is 0.435 e. The van der Waals surface area contributed by atoms with Gasteiger partial charge in [-0.05, 0) is 37.7 Å². The minimum Gasteiger partial charge on any atom is -0.354 e. The van der Waals surface area contributed by atoms with E-state index in [0.29, 0.717) is 18.5 Å². The molecular weight excluding hydrogens is 428 g/mol. The third kappa shape index (κ3) is 5.04. The molecule has 1 aliphatic rings. The Kier molecular flexibility index (Phi) is 6.38. The maximum atomic E-state index is 13.3. The molecule has 2 heterocycles. The van der Waals surface area contributed by atoms with Crippen molar-refractivity contribution >= 4 is 5.91 Å². The fourth-order valence-corrected chi connectivity index (χ4v) is 3.81. The molecular formula is C19H23F6N5O. The Balaban J connectivity index is 1.65. The molecule has 172 valence electrons. The monoisotopic (exact) mass is 451 g/mol. The van der Waals surface area contributed by atoms with Gasteiger partial charge in [0, 0.05) is 30.5 Å². The zero-order chi connectivity index (χ0) is 23.0. The van der Waals surface area contributed by atoms with E-state index in [1.54, 1.807) is 13.8 Å². The van der Waals surface area contributed by atoms with Gasteiger partial charge in [-0.15, -0.1) is 0 Å². The molecule has 0 aromatic carbocycles. The number of carbonyl (C=O) groups is 1. The third-order valence-corrected chi connectivity index (χ3v) is 5.27. The number of hydrogen-bond acceptors (Lipinski definition) is 3. The smallest absolute Gasteiger partial charge is 0.354 e. The number of amides is 1. The van der Waals surface area contributed by atoms with Crippen LogP contribution in [0.15, 0.2) is 12.3 Å². The average Bonchev–Trinajstić information content (AvgIpc) is 3.36. The number of hydrogen-bond donors (Lipinski definition) is 1. The summed E-state index contributed by atoms with van der Waals surface area (Å²) >= 11 is 0. The first-order valence-corrected chi connectivity index (χ1v) is 9.97. The molecule has 2 aromatic heterocycles. The number of rotatable bonds is 7. The number of alkyl halides is 6. The van der Waals surface area contributed by atoms with Crippen molar-refractivity contribution < 1.29 is 31.1 Å². The van der Waals surface area contributed by atoms with E-state index in [1.807, 2.05) is 0 Å². The van der Waals surface area contributed by atoms with Crippen molar-refractivity contribution in [3.63, 3.8) is 0 Å². The summed E-state index contributed by atoms with van der Waals surface area (Å²) in [6, 6.07) is -0.0220. The molecule has 0 radical (unpaired) electrons. The standard InChI is InChI=1S/C19H23F6N5O/c1-3-13(30-14-6-4-5-12(14)16(28-30)19(23,24)25)17(31)26-9-11(2)10-29-8-7-15(27-29)18(20,21)22/h7-8,11,13H,3-6,9-10H2,1-2H3,(H,26,31)/t11-,13+/m1/s1. The molecule has 1 aliphatic carbocycles. The van der Waals surface area contributed by atoms with Gasteiger partial charge >= 0.3 is 12.4 Å². The van der Waals surface area contributed by atoms with Crippen LogP contribution in [0.4, 0.5) is 26.3 Å². The first kappa shape index (κ1) is 23.1. The molecule has 3 rings (SSSR count). The second-order valence-electron chi connectivity index (χ2n) is 7.76. The van der Waals surface area contributed by atoms with E-state index < -0.39 is 35.7 Å². The zero-order valence-electron chi connectivity index (χ0n) is 17.0. The molecule has 0 saturated carbocycles. The predicted octanol–water partition coefficient (Wildman–Crippen LogP) is 4.01. The number of nitrogens with zero attached hydrogens (tertiary/aromatic N) is 4. The van der Waals surface area contributed by atoms with Gasteiger partial charge in [0.1, 0.15) is 6.04 Å². The van der Waals surface area contributed by atoms with Crippen molar-refractivity contribution in [2.75, 3.05) is 6.54 Å². The molecule has 1 amide bonds. The molecule has 2 aromatic rings. The van der Waals surface area contributed by atoms with E-state index in [2.05, 4.69) is 15.5 Å². The lowest BCUT2D eigenvalue weighted by Gasteiger charge is -2.20. The third-order valence-electron chi connectivity index (χ3n) is 5.27. The zero-order valence-corrected chi connectivity index (χ0v) is 17.0. The van der Waals surface area contributed by atoms with Crippen LogP contribution >= 0.6 is 0 Å². The molecule has 2 atom stereocenters. The first-order chi connectivity index (χ1) is 14.4. The van der Waals surface area contributed by atoms with Crippen molar-refractivity contribution in [3.05, 3.63) is 34.9 Å². The SMILES string of the molecule is CC[C@@H](C(=O)NC[C@@H](C)Cn1ccc(C(F)(F)F)n1)n1nc(C(F)(F)F)c2c1CCC2. The van der Waals surface area contributed by atoms with E-state index in [1.165, 1.54) is 10.9 Å². The van der Waals surface area contributed by atoms with Gasteiger partial charge in [-0.3, -0.25) is 14.2 Å². The largest absolute Gasteiger partial charge is 0.435 e. The average molecular weight is 451 g/mol. The Hall–Kier alpha value is -2.53. The van der Waals surface area contributed by atoms with Crippen molar-refractivity contribution in [1.29, 1.82) is 0 Å². The summed E-state index contributed by atoms with van der Waals surface area (Å²) in [7, 11) is 0. The molecule has 0 spiro atoms. The Morgan fingerprint density at radius 3 is 2.45 bits per heavy atom. The van der Waals surface area contributed by atoms with Crippen LogP contribution in [0.1, 0.15) is 55.4 Å². The second kappa shape index (κ2) is 8.54. The number of aromatic nitrogens is 4. The highest BCUT2D eigenvalue weighted by atomic mass is 19.4. The lowest BCUT2D eigenvalue weighted by atomic mass is 10.1. The second-order valence-corrected chi connectivity index (χ2v) is 7.76.